The SMILES string of the molecule is CC(=O)Nc1cccc(NC(=O)c2cc3c(=O)n4cccc(C)c4nc3n2C)c1. The van der Waals surface area contributed by atoms with Gasteiger partial charge >= 0.3 is 0 Å². The molecule has 1 aromatic carbocycles. The van der Waals surface area contributed by atoms with Crippen LogP contribution in [0.4, 0.5) is 11.4 Å². The van der Waals surface area contributed by atoms with E-state index in [1.54, 1.807) is 54.2 Å². The van der Waals surface area contributed by atoms with Crippen LogP contribution < -0.4 is 16.2 Å². The van der Waals surface area contributed by atoms with Crippen LogP contribution in [0.15, 0.2) is 53.5 Å². The lowest BCUT2D eigenvalue weighted by molar-refractivity contribution is -0.114. The number of amides is 2. The molecule has 2 N–H and O–H groups in total. The van der Waals surface area contributed by atoms with Crippen molar-refractivity contribution in [3.63, 3.8) is 0 Å². The molecule has 3 aromatic heterocycles. The van der Waals surface area contributed by atoms with E-state index in [2.05, 4.69) is 15.6 Å². The molecule has 0 spiro atoms. The second-order valence-corrected chi connectivity index (χ2v) is 6.84. The van der Waals surface area contributed by atoms with Crippen LogP contribution in [-0.4, -0.2) is 25.8 Å². The third-order valence-corrected chi connectivity index (χ3v) is 4.70. The molecule has 3 heterocycles. The molecule has 29 heavy (non-hydrogen) atoms. The Hall–Kier alpha value is -3.94. The summed E-state index contributed by atoms with van der Waals surface area (Å²) in [5.41, 5.74) is 3.06. The van der Waals surface area contributed by atoms with E-state index in [-0.39, 0.29) is 17.4 Å². The van der Waals surface area contributed by atoms with E-state index >= 15 is 0 Å². The van der Waals surface area contributed by atoms with Crippen molar-refractivity contribution < 1.29 is 9.59 Å². The maximum atomic E-state index is 12.9. The van der Waals surface area contributed by atoms with E-state index in [9.17, 15) is 14.4 Å². The molecular weight excluding hydrogens is 370 g/mol. The van der Waals surface area contributed by atoms with Gasteiger partial charge in [-0.2, -0.15) is 0 Å². The Morgan fingerprint density at radius 1 is 1.00 bits per heavy atom. The molecule has 0 radical (unpaired) electrons. The zero-order chi connectivity index (χ0) is 20.7. The molecule has 0 aliphatic heterocycles. The first-order chi connectivity index (χ1) is 13.8. The minimum absolute atomic E-state index is 0.198. The Bertz CT molecular complexity index is 1350. The van der Waals surface area contributed by atoms with Gasteiger partial charge in [0.15, 0.2) is 0 Å². The van der Waals surface area contributed by atoms with Gasteiger partial charge in [-0.05, 0) is 42.8 Å². The van der Waals surface area contributed by atoms with Gasteiger partial charge in [0, 0.05) is 31.5 Å². The van der Waals surface area contributed by atoms with Crippen molar-refractivity contribution in [1.82, 2.24) is 14.0 Å². The maximum Gasteiger partial charge on any atom is 0.272 e. The highest BCUT2D eigenvalue weighted by Gasteiger charge is 2.18. The normalized spacial score (nSPS) is 11.0. The van der Waals surface area contributed by atoms with Crippen molar-refractivity contribution in [1.29, 1.82) is 0 Å². The van der Waals surface area contributed by atoms with Gasteiger partial charge in [-0.3, -0.25) is 18.8 Å². The highest BCUT2D eigenvalue weighted by molar-refractivity contribution is 6.06. The third-order valence-electron chi connectivity index (χ3n) is 4.70. The predicted molar refractivity (Wildman–Crippen MR) is 111 cm³/mol. The summed E-state index contributed by atoms with van der Waals surface area (Å²) in [6, 6.07) is 12.1. The Morgan fingerprint density at radius 3 is 2.45 bits per heavy atom. The molecule has 8 heteroatoms. The number of hydrogen-bond acceptors (Lipinski definition) is 4. The van der Waals surface area contributed by atoms with Gasteiger partial charge < -0.3 is 15.2 Å². The van der Waals surface area contributed by atoms with Crippen molar-refractivity contribution in [3.8, 4) is 0 Å². The first kappa shape index (κ1) is 18.4. The molecule has 0 bridgehead atoms. The summed E-state index contributed by atoms with van der Waals surface area (Å²) in [6.45, 7) is 3.30. The minimum atomic E-state index is -0.379. The number of nitrogens with zero attached hydrogens (tertiary/aromatic N) is 3. The maximum absolute atomic E-state index is 12.9. The molecular formula is C21H19N5O3. The number of aromatic nitrogens is 3. The fourth-order valence-corrected chi connectivity index (χ4v) is 3.32. The van der Waals surface area contributed by atoms with Gasteiger partial charge in [-0.1, -0.05) is 12.1 Å². The standard InChI is InChI=1S/C21H19N5O3/c1-12-6-5-9-26-18(12)24-19-16(21(26)29)11-17(25(19)3)20(28)23-15-8-4-7-14(10-15)22-13(2)27/h4-11H,1-3H3,(H,22,27)(H,23,28). The van der Waals surface area contributed by atoms with E-state index in [0.29, 0.717) is 33.7 Å². The molecule has 4 aromatic rings. The lowest BCUT2D eigenvalue weighted by Gasteiger charge is -2.08. The largest absolute Gasteiger partial charge is 0.326 e. The van der Waals surface area contributed by atoms with Gasteiger partial charge in [0.2, 0.25) is 5.91 Å². The van der Waals surface area contributed by atoms with Crippen molar-refractivity contribution in [2.24, 2.45) is 7.05 Å². The van der Waals surface area contributed by atoms with Gasteiger partial charge in [-0.25, -0.2) is 4.98 Å². The van der Waals surface area contributed by atoms with Crippen LogP contribution in [-0.2, 0) is 11.8 Å². The quantitative estimate of drug-likeness (QED) is 0.563. The lowest BCUT2D eigenvalue weighted by Crippen LogP contribution is -2.16. The zero-order valence-electron chi connectivity index (χ0n) is 16.2. The fraction of sp³-hybridized carbons (Fsp3) is 0.143. The van der Waals surface area contributed by atoms with E-state index in [0.717, 1.165) is 5.56 Å². The number of benzene rings is 1. The van der Waals surface area contributed by atoms with Crippen LogP contribution in [0, 0.1) is 6.92 Å². The molecule has 0 fully saturated rings. The smallest absolute Gasteiger partial charge is 0.272 e. The molecule has 0 atom stereocenters. The fourth-order valence-electron chi connectivity index (χ4n) is 3.32. The molecule has 4 rings (SSSR count). The molecule has 0 aliphatic rings. The number of fused-ring (bicyclic) bond motifs is 2. The van der Waals surface area contributed by atoms with Crippen molar-refractivity contribution in [2.75, 3.05) is 10.6 Å². The predicted octanol–water partition coefficient (Wildman–Crippen LogP) is 2.71. The van der Waals surface area contributed by atoms with Gasteiger partial charge in [0.05, 0.1) is 5.39 Å². The molecule has 146 valence electrons. The molecule has 8 nitrogen and oxygen atoms in total. The van der Waals surface area contributed by atoms with Crippen molar-refractivity contribution in [3.05, 3.63) is 70.3 Å². The van der Waals surface area contributed by atoms with Gasteiger partial charge in [0.1, 0.15) is 17.0 Å². The number of anilines is 2. The Morgan fingerprint density at radius 2 is 1.72 bits per heavy atom. The summed E-state index contributed by atoms with van der Waals surface area (Å²) in [5.74, 6) is -0.577. The monoisotopic (exact) mass is 389 g/mol. The minimum Gasteiger partial charge on any atom is -0.326 e. The number of aryl methyl sites for hydroxylation is 2. The summed E-state index contributed by atoms with van der Waals surface area (Å²) in [6.07, 6.45) is 1.66. The number of rotatable bonds is 3. The van der Waals surface area contributed by atoms with Crippen LogP contribution in [0.25, 0.3) is 16.7 Å². The topological polar surface area (TPSA) is 97.5 Å². The summed E-state index contributed by atoms with van der Waals surface area (Å²) in [5, 5.41) is 5.84. The van der Waals surface area contributed by atoms with Gasteiger partial charge in [0.25, 0.3) is 11.5 Å². The highest BCUT2D eigenvalue weighted by Crippen LogP contribution is 2.19. The van der Waals surface area contributed by atoms with Crippen LogP contribution in [0.5, 0.6) is 0 Å². The van der Waals surface area contributed by atoms with Crippen molar-refractivity contribution >= 4 is 39.9 Å². The van der Waals surface area contributed by atoms with E-state index in [1.165, 1.54) is 11.3 Å². The van der Waals surface area contributed by atoms with Crippen LogP contribution in [0.2, 0.25) is 0 Å². The lowest BCUT2D eigenvalue weighted by atomic mass is 10.2. The molecule has 0 saturated carbocycles. The van der Waals surface area contributed by atoms with Crippen molar-refractivity contribution in [2.45, 2.75) is 13.8 Å². The average Bonchev–Trinajstić information content (AvgIpc) is 3.00. The second-order valence-electron chi connectivity index (χ2n) is 6.84. The van der Waals surface area contributed by atoms with Crippen LogP contribution in [0.3, 0.4) is 0 Å². The first-order valence-electron chi connectivity index (χ1n) is 9.01. The van der Waals surface area contributed by atoms with E-state index in [1.807, 2.05) is 13.0 Å². The number of hydrogen-bond donors (Lipinski definition) is 2. The number of carbonyl (C=O) groups excluding carboxylic acids is 2. The van der Waals surface area contributed by atoms with Gasteiger partial charge in [-0.15, -0.1) is 0 Å². The third kappa shape index (κ3) is 3.25. The summed E-state index contributed by atoms with van der Waals surface area (Å²) < 4.78 is 3.09. The van der Waals surface area contributed by atoms with E-state index in [4.69, 9.17) is 0 Å². The Kier molecular flexibility index (Phi) is 4.38. The number of carbonyl (C=O) groups is 2. The number of nitrogens with one attached hydrogen (secondary N) is 2. The Balaban J connectivity index is 1.75. The summed E-state index contributed by atoms with van der Waals surface area (Å²) in [4.78, 5) is 41.5. The Labute approximate surface area is 165 Å². The molecule has 0 aliphatic carbocycles. The van der Waals surface area contributed by atoms with E-state index < -0.39 is 0 Å². The highest BCUT2D eigenvalue weighted by atomic mass is 16.2. The average molecular weight is 389 g/mol. The molecule has 2 amide bonds. The van der Waals surface area contributed by atoms with Crippen LogP contribution >= 0.6 is 0 Å². The van der Waals surface area contributed by atoms with Crippen LogP contribution in [0.1, 0.15) is 23.0 Å². The molecule has 0 saturated heterocycles. The summed E-state index contributed by atoms with van der Waals surface area (Å²) >= 11 is 0. The summed E-state index contributed by atoms with van der Waals surface area (Å²) in [7, 11) is 1.70. The second kappa shape index (κ2) is 6.90. The number of pyridine rings is 1. The first-order valence-corrected chi connectivity index (χ1v) is 9.01. The molecule has 0 unspecified atom stereocenters. The zero-order valence-corrected chi connectivity index (χ0v) is 16.2.